The third-order valence-corrected chi connectivity index (χ3v) is 6.71. The summed E-state index contributed by atoms with van der Waals surface area (Å²) in [5.41, 5.74) is 0.645. The van der Waals surface area contributed by atoms with Crippen LogP contribution in [0.1, 0.15) is 5.82 Å². The van der Waals surface area contributed by atoms with Gasteiger partial charge in [0, 0.05) is 50.2 Å². The number of hydrogen-bond acceptors (Lipinski definition) is 8. The van der Waals surface area contributed by atoms with Crippen molar-refractivity contribution in [2.45, 2.75) is 6.54 Å². The maximum Gasteiger partial charge on any atom is 0.260 e. The third kappa shape index (κ3) is 4.42. The molecule has 0 spiro atoms. The molecule has 2 aliphatic rings. The Balaban J connectivity index is 1.19. The molecule has 0 saturated carbocycles. The van der Waals surface area contributed by atoms with Gasteiger partial charge >= 0.3 is 0 Å². The first-order valence-corrected chi connectivity index (χ1v) is 11.4. The molecule has 3 aromatic heterocycles. The number of carbonyl (C=O) groups is 1. The van der Waals surface area contributed by atoms with E-state index in [1.54, 1.807) is 6.26 Å². The molecule has 0 atom stereocenters. The Hall–Kier alpha value is -2.53. The van der Waals surface area contributed by atoms with Crippen LogP contribution in [0.15, 0.2) is 33.0 Å². The van der Waals surface area contributed by atoms with Crippen molar-refractivity contribution in [2.24, 2.45) is 0 Å². The molecular weight excluding hydrogens is 418 g/mol. The van der Waals surface area contributed by atoms with Gasteiger partial charge in [0.1, 0.15) is 16.4 Å². The Kier molecular flexibility index (Phi) is 5.86. The van der Waals surface area contributed by atoms with Crippen molar-refractivity contribution in [1.82, 2.24) is 24.7 Å². The number of hydrogen-bond donors (Lipinski definition) is 1. The number of nitrogens with one attached hydrogen (secondary N) is 1. The van der Waals surface area contributed by atoms with E-state index in [1.165, 1.54) is 11.3 Å². The lowest BCUT2D eigenvalue weighted by molar-refractivity contribution is -0.136. The van der Waals surface area contributed by atoms with Crippen LogP contribution in [0.2, 0.25) is 0 Å². The van der Waals surface area contributed by atoms with Crippen LogP contribution in [0, 0.1) is 0 Å². The summed E-state index contributed by atoms with van der Waals surface area (Å²) < 4.78 is 10.8. The first-order valence-electron chi connectivity index (χ1n) is 10.5. The second-order valence-electron chi connectivity index (χ2n) is 7.86. The lowest BCUT2D eigenvalue weighted by Crippen LogP contribution is -2.51. The number of aromatic nitrogens is 2. The fourth-order valence-corrected chi connectivity index (χ4v) is 5.05. The number of carbonyl (C=O) groups excluding carboxylic acids is 1. The van der Waals surface area contributed by atoms with Crippen molar-refractivity contribution in [3.63, 3.8) is 0 Å². The van der Waals surface area contributed by atoms with Crippen molar-refractivity contribution < 1.29 is 13.9 Å². The molecule has 2 saturated heterocycles. The van der Waals surface area contributed by atoms with Gasteiger partial charge in [-0.05, 0) is 12.1 Å². The van der Waals surface area contributed by atoms with Gasteiger partial charge in [0.25, 0.3) is 5.56 Å². The quantitative estimate of drug-likeness (QED) is 0.634. The third-order valence-electron chi connectivity index (χ3n) is 5.84. The molecule has 0 unspecified atom stereocenters. The predicted molar refractivity (Wildman–Crippen MR) is 117 cm³/mol. The monoisotopic (exact) mass is 443 g/mol. The number of H-pyrrole nitrogens is 1. The molecule has 2 aliphatic heterocycles. The maximum atomic E-state index is 12.7. The summed E-state index contributed by atoms with van der Waals surface area (Å²) in [4.78, 5) is 39.9. The first kappa shape index (κ1) is 20.4. The van der Waals surface area contributed by atoms with Crippen molar-refractivity contribution in [2.75, 3.05) is 59.0 Å². The van der Waals surface area contributed by atoms with Gasteiger partial charge in [0.15, 0.2) is 0 Å². The van der Waals surface area contributed by atoms with E-state index in [4.69, 9.17) is 9.15 Å². The van der Waals surface area contributed by atoms with Gasteiger partial charge in [-0.1, -0.05) is 0 Å². The summed E-state index contributed by atoms with van der Waals surface area (Å²) in [6.07, 6.45) is 1.60. The highest BCUT2D eigenvalue weighted by atomic mass is 32.1. The van der Waals surface area contributed by atoms with E-state index in [-0.39, 0.29) is 11.5 Å². The molecular formula is C21H25N5O4S. The topological polar surface area (TPSA) is 94.9 Å². The molecule has 5 heterocycles. The lowest BCUT2D eigenvalue weighted by atomic mass is 10.2. The summed E-state index contributed by atoms with van der Waals surface area (Å²) in [6.45, 7) is 6.98. The molecule has 0 bridgehead atoms. The van der Waals surface area contributed by atoms with E-state index < -0.39 is 0 Å². The number of aromatic amines is 1. The van der Waals surface area contributed by atoms with Crippen LogP contribution in [0.4, 0.5) is 0 Å². The molecule has 10 heteroatoms. The Bertz CT molecular complexity index is 1090. The minimum atomic E-state index is -0.137. The van der Waals surface area contributed by atoms with E-state index in [0.29, 0.717) is 56.4 Å². The van der Waals surface area contributed by atoms with Crippen molar-refractivity contribution >= 4 is 27.5 Å². The molecule has 0 aromatic carbocycles. The summed E-state index contributed by atoms with van der Waals surface area (Å²) >= 11 is 1.45. The lowest BCUT2D eigenvalue weighted by Gasteiger charge is -2.35. The Labute approximate surface area is 183 Å². The zero-order valence-corrected chi connectivity index (χ0v) is 18.0. The van der Waals surface area contributed by atoms with Gasteiger partial charge in [0.2, 0.25) is 5.91 Å². The van der Waals surface area contributed by atoms with E-state index in [2.05, 4.69) is 19.8 Å². The normalized spacial score (nSPS) is 18.6. The highest BCUT2D eigenvalue weighted by Gasteiger charge is 2.23. The fraction of sp³-hybridized carbons (Fsp3) is 0.476. The summed E-state index contributed by atoms with van der Waals surface area (Å²) in [5.74, 6) is 1.52. The van der Waals surface area contributed by atoms with Gasteiger partial charge in [-0.3, -0.25) is 19.4 Å². The summed E-state index contributed by atoms with van der Waals surface area (Å²) in [7, 11) is 0. The van der Waals surface area contributed by atoms with Crippen LogP contribution < -0.4 is 5.56 Å². The molecule has 1 N–H and O–H groups in total. The second-order valence-corrected chi connectivity index (χ2v) is 8.72. The van der Waals surface area contributed by atoms with E-state index in [9.17, 15) is 9.59 Å². The molecule has 1 amide bonds. The Morgan fingerprint density at radius 2 is 1.90 bits per heavy atom. The average molecular weight is 444 g/mol. The molecule has 164 valence electrons. The van der Waals surface area contributed by atoms with Gasteiger partial charge in [-0.25, -0.2) is 4.98 Å². The van der Waals surface area contributed by atoms with Crippen LogP contribution in [0.5, 0.6) is 0 Å². The van der Waals surface area contributed by atoms with Gasteiger partial charge in [-0.15, -0.1) is 11.3 Å². The summed E-state index contributed by atoms with van der Waals surface area (Å²) in [6, 6.07) is 3.65. The molecule has 5 rings (SSSR count). The largest absolute Gasteiger partial charge is 0.464 e. The number of morpholine rings is 1. The molecule has 31 heavy (non-hydrogen) atoms. The number of nitrogens with zero attached hydrogens (tertiary/aromatic N) is 4. The second kappa shape index (κ2) is 8.91. The zero-order chi connectivity index (χ0) is 21.2. The van der Waals surface area contributed by atoms with Crippen molar-refractivity contribution in [1.29, 1.82) is 0 Å². The van der Waals surface area contributed by atoms with Crippen molar-refractivity contribution in [3.05, 3.63) is 40.0 Å². The number of rotatable bonds is 5. The number of piperazine rings is 1. The van der Waals surface area contributed by atoms with Crippen LogP contribution in [-0.4, -0.2) is 89.6 Å². The molecule has 0 radical (unpaired) electrons. The maximum absolute atomic E-state index is 12.7. The van der Waals surface area contributed by atoms with E-state index >= 15 is 0 Å². The van der Waals surface area contributed by atoms with Gasteiger partial charge in [0.05, 0.1) is 38.0 Å². The summed E-state index contributed by atoms with van der Waals surface area (Å²) in [5, 5.41) is 2.50. The van der Waals surface area contributed by atoms with E-state index in [0.717, 1.165) is 36.6 Å². The molecule has 3 aromatic rings. The zero-order valence-electron chi connectivity index (χ0n) is 17.2. The Morgan fingerprint density at radius 1 is 1.13 bits per heavy atom. The minimum absolute atomic E-state index is 0.137. The SMILES string of the molecule is O=C(CN1CCN(Cc2nc3scc(-c4ccco4)c3c(=O)[nH]2)CC1)N1CCOCC1. The standard InChI is InChI=1S/C21H25N5O4S/c27-18(26-7-10-29-11-8-26)13-25-5-3-24(4-6-25)12-17-22-20(28)19-15(14-31-21(19)23-17)16-2-1-9-30-16/h1-2,9,14H,3-8,10-13H2,(H,22,23,28). The minimum Gasteiger partial charge on any atom is -0.464 e. The van der Waals surface area contributed by atoms with Crippen LogP contribution in [-0.2, 0) is 16.1 Å². The number of ether oxygens (including phenoxy) is 1. The molecule has 0 aliphatic carbocycles. The average Bonchev–Trinajstić information content (AvgIpc) is 3.46. The van der Waals surface area contributed by atoms with Gasteiger partial charge < -0.3 is 19.0 Å². The van der Waals surface area contributed by atoms with Gasteiger partial charge in [-0.2, -0.15) is 0 Å². The van der Waals surface area contributed by atoms with Crippen LogP contribution in [0.3, 0.4) is 0 Å². The number of thiophene rings is 1. The highest BCUT2D eigenvalue weighted by molar-refractivity contribution is 7.17. The van der Waals surface area contributed by atoms with Crippen LogP contribution >= 0.6 is 11.3 Å². The number of amides is 1. The fourth-order valence-electron chi connectivity index (χ4n) is 4.10. The predicted octanol–water partition coefficient (Wildman–Crippen LogP) is 1.22. The Morgan fingerprint density at radius 3 is 2.65 bits per heavy atom. The molecule has 9 nitrogen and oxygen atoms in total. The molecule has 2 fully saturated rings. The van der Waals surface area contributed by atoms with Crippen molar-refractivity contribution in [3.8, 4) is 11.3 Å². The number of fused-ring (bicyclic) bond motifs is 1. The highest BCUT2D eigenvalue weighted by Crippen LogP contribution is 2.30. The van der Waals surface area contributed by atoms with E-state index in [1.807, 2.05) is 22.4 Å². The van der Waals surface area contributed by atoms with Crippen LogP contribution in [0.25, 0.3) is 21.5 Å². The first-order chi connectivity index (χ1) is 15.2. The number of furan rings is 1. The smallest absolute Gasteiger partial charge is 0.260 e.